The molecule has 3 aromatic heterocycles. The lowest BCUT2D eigenvalue weighted by atomic mass is 10.1. The van der Waals surface area contributed by atoms with Crippen molar-refractivity contribution in [2.75, 3.05) is 24.6 Å². The van der Waals surface area contributed by atoms with Crippen LogP contribution in [0.15, 0.2) is 39.9 Å². The summed E-state index contributed by atoms with van der Waals surface area (Å²) in [6.45, 7) is 7.35. The number of anilines is 1. The molecule has 0 radical (unpaired) electrons. The molecule has 0 aromatic carbocycles. The maximum absolute atomic E-state index is 12.8. The van der Waals surface area contributed by atoms with Crippen LogP contribution in [-0.2, 0) is 16.1 Å². The molecule has 1 saturated heterocycles. The van der Waals surface area contributed by atoms with E-state index in [-0.39, 0.29) is 24.0 Å². The van der Waals surface area contributed by atoms with Crippen molar-refractivity contribution < 1.29 is 14.1 Å². The van der Waals surface area contributed by atoms with Crippen LogP contribution >= 0.6 is 0 Å². The summed E-state index contributed by atoms with van der Waals surface area (Å²) < 4.78 is 11.9. The number of hydrogen-bond acceptors (Lipinski definition) is 8. The van der Waals surface area contributed by atoms with Gasteiger partial charge in [0.1, 0.15) is 11.5 Å². The third-order valence-corrected chi connectivity index (χ3v) is 5.51. The van der Waals surface area contributed by atoms with Gasteiger partial charge in [0.15, 0.2) is 0 Å². The van der Waals surface area contributed by atoms with Gasteiger partial charge in [0.2, 0.25) is 0 Å². The van der Waals surface area contributed by atoms with Gasteiger partial charge < -0.3 is 14.2 Å². The van der Waals surface area contributed by atoms with E-state index in [9.17, 15) is 9.59 Å². The molecule has 4 rings (SSSR count). The molecule has 3 aromatic rings. The van der Waals surface area contributed by atoms with Gasteiger partial charge in [-0.15, -0.1) is 0 Å². The summed E-state index contributed by atoms with van der Waals surface area (Å²) in [6.07, 6.45) is 4.10. The molecule has 1 fully saturated rings. The molecule has 0 spiro atoms. The molecule has 1 aliphatic rings. The molecule has 9 heteroatoms. The van der Waals surface area contributed by atoms with E-state index in [2.05, 4.69) is 15.2 Å². The Bertz CT molecular complexity index is 1140. The zero-order valence-corrected chi connectivity index (χ0v) is 17.9. The van der Waals surface area contributed by atoms with Crippen LogP contribution in [0, 0.1) is 19.8 Å². The number of hydrogen-bond donors (Lipinski definition) is 0. The molecule has 4 heterocycles. The number of ether oxygens (including phenoxy) is 1. The van der Waals surface area contributed by atoms with Crippen LogP contribution in [0.5, 0.6) is 0 Å². The number of carbonyl (C=O) groups excluding carboxylic acids is 1. The first-order valence-electron chi connectivity index (χ1n) is 10.3. The van der Waals surface area contributed by atoms with Gasteiger partial charge in [0.05, 0.1) is 31.0 Å². The standard InChI is InChI=1S/C22H25N5O4/c1-4-30-22(29)17-7-8-26(12-17)18-9-20(28)27(24-11-18)13-19-15(3)31-25-21(19)16-6-5-14(2)23-10-16/h5-6,9-11,17H,4,7-8,12-13H2,1-3H3/t17-/m1/s1. The van der Waals surface area contributed by atoms with Crippen LogP contribution in [0.1, 0.15) is 30.4 Å². The number of pyridine rings is 1. The lowest BCUT2D eigenvalue weighted by Gasteiger charge is -2.18. The first kappa shape index (κ1) is 20.8. The zero-order chi connectivity index (χ0) is 22.0. The van der Waals surface area contributed by atoms with E-state index in [1.807, 2.05) is 30.9 Å². The Balaban J connectivity index is 1.53. The summed E-state index contributed by atoms with van der Waals surface area (Å²) >= 11 is 0. The molecule has 0 N–H and O–H groups in total. The maximum atomic E-state index is 12.8. The predicted molar refractivity (Wildman–Crippen MR) is 114 cm³/mol. The van der Waals surface area contributed by atoms with Crippen LogP contribution in [0.4, 0.5) is 5.69 Å². The van der Waals surface area contributed by atoms with Crippen molar-refractivity contribution in [3.05, 3.63) is 58.0 Å². The molecular formula is C22H25N5O4. The Morgan fingerprint density at radius 2 is 2.13 bits per heavy atom. The van der Waals surface area contributed by atoms with E-state index in [1.165, 1.54) is 4.68 Å². The Morgan fingerprint density at radius 1 is 1.29 bits per heavy atom. The third-order valence-electron chi connectivity index (χ3n) is 5.51. The molecule has 9 nitrogen and oxygen atoms in total. The minimum atomic E-state index is -0.231. The molecule has 0 amide bonds. The highest BCUT2D eigenvalue weighted by Crippen LogP contribution is 2.26. The SMILES string of the molecule is CCOC(=O)[C@@H]1CCN(c2cnn(Cc3c(-c4ccc(C)nc4)noc3C)c(=O)c2)C1. The molecular weight excluding hydrogens is 398 g/mol. The molecule has 0 unspecified atom stereocenters. The van der Waals surface area contributed by atoms with Crippen molar-refractivity contribution in [1.82, 2.24) is 19.9 Å². The normalized spacial score (nSPS) is 16.0. The fourth-order valence-corrected chi connectivity index (χ4v) is 3.72. The maximum Gasteiger partial charge on any atom is 0.310 e. The quantitative estimate of drug-likeness (QED) is 0.557. The van der Waals surface area contributed by atoms with Crippen molar-refractivity contribution in [2.45, 2.75) is 33.7 Å². The number of esters is 1. The summed E-state index contributed by atoms with van der Waals surface area (Å²) in [5.74, 6) is 0.269. The third kappa shape index (κ3) is 4.35. The average Bonchev–Trinajstić information content (AvgIpc) is 3.38. The first-order valence-corrected chi connectivity index (χ1v) is 10.3. The van der Waals surface area contributed by atoms with Crippen molar-refractivity contribution in [2.24, 2.45) is 5.92 Å². The van der Waals surface area contributed by atoms with Gasteiger partial charge in [0.25, 0.3) is 5.56 Å². The summed E-state index contributed by atoms with van der Waals surface area (Å²) in [5.41, 5.74) is 3.65. The minimum absolute atomic E-state index is 0.173. The van der Waals surface area contributed by atoms with Gasteiger partial charge in [-0.1, -0.05) is 5.16 Å². The van der Waals surface area contributed by atoms with Gasteiger partial charge in [-0.25, -0.2) is 4.68 Å². The first-order chi connectivity index (χ1) is 15.0. The van der Waals surface area contributed by atoms with Crippen LogP contribution in [0.3, 0.4) is 0 Å². The Kier molecular flexibility index (Phi) is 5.83. The van der Waals surface area contributed by atoms with Crippen molar-refractivity contribution in [3.63, 3.8) is 0 Å². The lowest BCUT2D eigenvalue weighted by molar-refractivity contribution is -0.147. The summed E-state index contributed by atoms with van der Waals surface area (Å²) in [4.78, 5) is 31.0. The van der Waals surface area contributed by atoms with Gasteiger partial charge in [0, 0.05) is 42.2 Å². The van der Waals surface area contributed by atoms with E-state index in [1.54, 1.807) is 25.4 Å². The lowest BCUT2D eigenvalue weighted by Crippen LogP contribution is -2.28. The smallest absolute Gasteiger partial charge is 0.310 e. The predicted octanol–water partition coefficient (Wildman–Crippen LogP) is 2.35. The van der Waals surface area contributed by atoms with Crippen molar-refractivity contribution in [3.8, 4) is 11.3 Å². The number of aromatic nitrogens is 4. The monoisotopic (exact) mass is 423 g/mol. The minimum Gasteiger partial charge on any atom is -0.466 e. The highest BCUT2D eigenvalue weighted by atomic mass is 16.5. The zero-order valence-electron chi connectivity index (χ0n) is 17.9. The topological polar surface area (TPSA) is 103 Å². The molecule has 0 aliphatic carbocycles. The van der Waals surface area contributed by atoms with Crippen LogP contribution < -0.4 is 10.5 Å². The van der Waals surface area contributed by atoms with Crippen LogP contribution in [0.25, 0.3) is 11.3 Å². The van der Waals surface area contributed by atoms with Crippen LogP contribution in [0.2, 0.25) is 0 Å². The molecule has 162 valence electrons. The second-order valence-electron chi connectivity index (χ2n) is 7.65. The van der Waals surface area contributed by atoms with Gasteiger partial charge in [-0.2, -0.15) is 5.10 Å². The Morgan fingerprint density at radius 3 is 2.84 bits per heavy atom. The second-order valence-corrected chi connectivity index (χ2v) is 7.65. The average molecular weight is 423 g/mol. The number of carbonyl (C=O) groups is 1. The highest BCUT2D eigenvalue weighted by molar-refractivity contribution is 5.74. The fraction of sp³-hybridized carbons (Fsp3) is 0.409. The van der Waals surface area contributed by atoms with E-state index < -0.39 is 0 Å². The number of rotatable bonds is 6. The van der Waals surface area contributed by atoms with E-state index in [0.29, 0.717) is 43.3 Å². The highest BCUT2D eigenvalue weighted by Gasteiger charge is 2.30. The molecule has 1 atom stereocenters. The number of aryl methyl sites for hydroxylation is 2. The van der Waals surface area contributed by atoms with Crippen molar-refractivity contribution in [1.29, 1.82) is 0 Å². The second kappa shape index (κ2) is 8.71. The molecule has 0 bridgehead atoms. The van der Waals surface area contributed by atoms with E-state index in [0.717, 1.165) is 16.8 Å². The summed E-state index contributed by atoms with van der Waals surface area (Å²) in [5, 5.41) is 8.51. The van der Waals surface area contributed by atoms with E-state index in [4.69, 9.17) is 9.26 Å². The van der Waals surface area contributed by atoms with Gasteiger partial charge in [-0.3, -0.25) is 14.6 Å². The Hall–Kier alpha value is -3.49. The largest absolute Gasteiger partial charge is 0.466 e. The van der Waals surface area contributed by atoms with Gasteiger partial charge in [-0.05, 0) is 39.3 Å². The van der Waals surface area contributed by atoms with Gasteiger partial charge >= 0.3 is 5.97 Å². The van der Waals surface area contributed by atoms with Crippen LogP contribution in [-0.4, -0.2) is 45.6 Å². The summed E-state index contributed by atoms with van der Waals surface area (Å²) in [6, 6.07) is 5.38. The van der Waals surface area contributed by atoms with Crippen molar-refractivity contribution >= 4 is 11.7 Å². The van der Waals surface area contributed by atoms with E-state index >= 15 is 0 Å². The Labute approximate surface area is 179 Å². The molecule has 0 saturated carbocycles. The fourth-order valence-electron chi connectivity index (χ4n) is 3.72. The molecule has 1 aliphatic heterocycles. The molecule has 31 heavy (non-hydrogen) atoms. The number of nitrogens with zero attached hydrogens (tertiary/aromatic N) is 5. The summed E-state index contributed by atoms with van der Waals surface area (Å²) in [7, 11) is 0.